The van der Waals surface area contributed by atoms with E-state index in [1.165, 1.54) is 10.6 Å². The predicted octanol–water partition coefficient (Wildman–Crippen LogP) is 3.45. The number of hydrogen-bond acceptors (Lipinski definition) is 5. The van der Waals surface area contributed by atoms with E-state index in [9.17, 15) is 28.0 Å². The van der Waals surface area contributed by atoms with Crippen LogP contribution in [0.2, 0.25) is 0 Å². The zero-order valence-corrected chi connectivity index (χ0v) is 21.0. The summed E-state index contributed by atoms with van der Waals surface area (Å²) in [5, 5.41) is 2.73. The van der Waals surface area contributed by atoms with Crippen LogP contribution in [-0.4, -0.2) is 45.3 Å². The molecule has 5 rings (SSSR count). The van der Waals surface area contributed by atoms with Crippen LogP contribution in [0.25, 0.3) is 10.9 Å². The molecule has 0 spiro atoms. The van der Waals surface area contributed by atoms with E-state index >= 15 is 0 Å². The molecule has 2 aromatic carbocycles. The normalized spacial score (nSPS) is 18.6. The van der Waals surface area contributed by atoms with Crippen LogP contribution in [0.1, 0.15) is 59.9 Å². The van der Waals surface area contributed by atoms with E-state index in [0.29, 0.717) is 35.7 Å². The van der Waals surface area contributed by atoms with Crippen LogP contribution in [-0.2, 0) is 16.0 Å². The first-order valence-electron chi connectivity index (χ1n) is 12.8. The third-order valence-electron chi connectivity index (χ3n) is 7.57. The molecule has 38 heavy (non-hydrogen) atoms. The van der Waals surface area contributed by atoms with Gasteiger partial charge in [0.25, 0.3) is 11.5 Å². The summed E-state index contributed by atoms with van der Waals surface area (Å²) in [6.07, 6.45) is 3.55. The maximum absolute atomic E-state index is 14.0. The van der Waals surface area contributed by atoms with E-state index in [4.69, 9.17) is 0 Å². The fourth-order valence-electron chi connectivity index (χ4n) is 5.44. The Morgan fingerprint density at radius 2 is 1.82 bits per heavy atom. The highest BCUT2D eigenvalue weighted by Crippen LogP contribution is 2.26. The fourth-order valence-corrected chi connectivity index (χ4v) is 5.44. The lowest BCUT2D eigenvalue weighted by atomic mass is 9.90. The second kappa shape index (κ2) is 10.4. The summed E-state index contributed by atoms with van der Waals surface area (Å²) in [6, 6.07) is 7.80. The van der Waals surface area contributed by atoms with Crippen molar-refractivity contribution in [2.24, 2.45) is 5.92 Å². The SMILES string of the molecule is Cc1nc2ccc(CCC3CCN(C(=O)c4ccc(F)cc4F)CC3)cc2c(=O)n1C1CCC(=O)NC1=O. The molecule has 0 aliphatic carbocycles. The monoisotopic (exact) mass is 522 g/mol. The van der Waals surface area contributed by atoms with Gasteiger partial charge in [-0.1, -0.05) is 6.07 Å². The number of fused-ring (bicyclic) bond motifs is 1. The Morgan fingerprint density at radius 3 is 2.53 bits per heavy atom. The van der Waals surface area contributed by atoms with Crippen molar-refractivity contribution < 1.29 is 23.2 Å². The van der Waals surface area contributed by atoms with Crippen LogP contribution in [0.3, 0.4) is 0 Å². The van der Waals surface area contributed by atoms with Crippen LogP contribution >= 0.6 is 0 Å². The number of benzene rings is 2. The van der Waals surface area contributed by atoms with Crippen molar-refractivity contribution in [3.8, 4) is 0 Å². The number of aryl methyl sites for hydroxylation is 2. The first-order valence-corrected chi connectivity index (χ1v) is 12.8. The van der Waals surface area contributed by atoms with Gasteiger partial charge in [0.15, 0.2) is 0 Å². The van der Waals surface area contributed by atoms with E-state index in [2.05, 4.69) is 10.3 Å². The van der Waals surface area contributed by atoms with Gasteiger partial charge in [0.1, 0.15) is 23.5 Å². The number of nitrogens with one attached hydrogen (secondary N) is 1. The standard InChI is InChI=1S/C28H28F2N4O4/c1-16-31-23-7-4-18(14-21(23)28(38)34(16)24-8-9-25(35)32-26(24)36)3-2-17-10-12-33(13-11-17)27(37)20-6-5-19(29)15-22(20)30/h4-7,14-15,17,24H,2-3,8-13H2,1H3,(H,32,35,36). The first kappa shape index (κ1) is 25.7. The maximum Gasteiger partial charge on any atom is 0.262 e. The lowest BCUT2D eigenvalue weighted by Crippen LogP contribution is -2.45. The molecular weight excluding hydrogens is 494 g/mol. The summed E-state index contributed by atoms with van der Waals surface area (Å²) >= 11 is 0. The summed E-state index contributed by atoms with van der Waals surface area (Å²) < 4.78 is 28.6. The second-order valence-electron chi connectivity index (χ2n) is 10.1. The molecule has 0 radical (unpaired) electrons. The van der Waals surface area contributed by atoms with Gasteiger partial charge in [0, 0.05) is 25.6 Å². The third kappa shape index (κ3) is 5.07. The number of halogens is 2. The Kier molecular flexibility index (Phi) is 7.05. The van der Waals surface area contributed by atoms with Crippen LogP contribution < -0.4 is 10.9 Å². The average molecular weight is 523 g/mol. The number of carbonyl (C=O) groups excluding carboxylic acids is 3. The molecule has 0 bridgehead atoms. The third-order valence-corrected chi connectivity index (χ3v) is 7.57. The second-order valence-corrected chi connectivity index (χ2v) is 10.1. The van der Waals surface area contributed by atoms with Gasteiger partial charge < -0.3 is 4.90 Å². The minimum Gasteiger partial charge on any atom is -0.339 e. The van der Waals surface area contributed by atoms with Gasteiger partial charge in [0.2, 0.25) is 11.8 Å². The predicted molar refractivity (Wildman–Crippen MR) is 135 cm³/mol. The highest BCUT2D eigenvalue weighted by atomic mass is 19.1. The molecule has 1 atom stereocenters. The van der Waals surface area contributed by atoms with Gasteiger partial charge in [-0.3, -0.25) is 29.1 Å². The van der Waals surface area contributed by atoms with Crippen molar-refractivity contribution in [1.29, 1.82) is 0 Å². The van der Waals surface area contributed by atoms with Gasteiger partial charge in [0.05, 0.1) is 16.5 Å². The first-order chi connectivity index (χ1) is 18.2. The van der Waals surface area contributed by atoms with Crippen LogP contribution in [0.5, 0.6) is 0 Å². The van der Waals surface area contributed by atoms with Crippen LogP contribution in [0.4, 0.5) is 8.78 Å². The molecule has 2 fully saturated rings. The number of nitrogens with zero attached hydrogens (tertiary/aromatic N) is 3. The lowest BCUT2D eigenvalue weighted by Gasteiger charge is -2.32. The van der Waals surface area contributed by atoms with E-state index in [0.717, 1.165) is 43.4 Å². The van der Waals surface area contributed by atoms with Crippen molar-refractivity contribution in [3.63, 3.8) is 0 Å². The average Bonchev–Trinajstić information content (AvgIpc) is 2.89. The lowest BCUT2D eigenvalue weighted by molar-refractivity contribution is -0.135. The molecule has 10 heteroatoms. The molecule has 3 heterocycles. The topological polar surface area (TPSA) is 101 Å². The molecular formula is C28H28F2N4O4. The molecule has 198 valence electrons. The number of hydrogen-bond donors (Lipinski definition) is 1. The maximum atomic E-state index is 14.0. The smallest absolute Gasteiger partial charge is 0.262 e. The molecule has 2 saturated heterocycles. The molecule has 8 nitrogen and oxygen atoms in total. The highest BCUT2D eigenvalue weighted by Gasteiger charge is 2.30. The Hall–Kier alpha value is -3.95. The quantitative estimate of drug-likeness (QED) is 0.518. The molecule has 1 aromatic heterocycles. The van der Waals surface area contributed by atoms with E-state index in [1.54, 1.807) is 11.8 Å². The molecule has 0 saturated carbocycles. The van der Waals surface area contributed by atoms with Crippen LogP contribution in [0, 0.1) is 24.5 Å². The molecule has 2 aliphatic heterocycles. The van der Waals surface area contributed by atoms with E-state index in [-0.39, 0.29) is 29.9 Å². The molecule has 2 aliphatic rings. The molecule has 3 amide bonds. The highest BCUT2D eigenvalue weighted by molar-refractivity contribution is 5.99. The number of rotatable bonds is 5. The van der Waals surface area contributed by atoms with Crippen molar-refractivity contribution >= 4 is 28.6 Å². The van der Waals surface area contributed by atoms with Crippen molar-refractivity contribution in [3.05, 3.63) is 75.3 Å². The van der Waals surface area contributed by atoms with Gasteiger partial charge in [-0.15, -0.1) is 0 Å². The van der Waals surface area contributed by atoms with Gasteiger partial charge in [-0.2, -0.15) is 0 Å². The van der Waals surface area contributed by atoms with Gasteiger partial charge in [-0.25, -0.2) is 13.8 Å². The number of likely N-dealkylation sites (tertiary alicyclic amines) is 1. The number of carbonyl (C=O) groups is 3. The van der Waals surface area contributed by atoms with Crippen molar-refractivity contribution in [2.75, 3.05) is 13.1 Å². The summed E-state index contributed by atoms with van der Waals surface area (Å²) in [7, 11) is 0. The van der Waals surface area contributed by atoms with Crippen molar-refractivity contribution in [2.45, 2.75) is 51.5 Å². The zero-order chi connectivity index (χ0) is 27.0. The molecule has 3 aromatic rings. The number of imide groups is 1. The summed E-state index contributed by atoms with van der Waals surface area (Å²) in [5.41, 5.74) is 1.11. The van der Waals surface area contributed by atoms with E-state index < -0.39 is 29.5 Å². The Morgan fingerprint density at radius 1 is 1.05 bits per heavy atom. The minimum atomic E-state index is -0.852. The summed E-state index contributed by atoms with van der Waals surface area (Å²) in [4.78, 5) is 56.1. The fraction of sp³-hybridized carbons (Fsp3) is 0.393. The molecule has 1 unspecified atom stereocenters. The largest absolute Gasteiger partial charge is 0.339 e. The van der Waals surface area contributed by atoms with E-state index in [1.807, 2.05) is 18.2 Å². The van der Waals surface area contributed by atoms with Gasteiger partial charge >= 0.3 is 0 Å². The number of piperidine rings is 2. The number of aromatic nitrogens is 2. The minimum absolute atomic E-state index is 0.118. The van der Waals surface area contributed by atoms with Crippen molar-refractivity contribution in [1.82, 2.24) is 19.8 Å². The molecule has 1 N–H and O–H groups in total. The summed E-state index contributed by atoms with van der Waals surface area (Å²) in [6.45, 7) is 2.68. The van der Waals surface area contributed by atoms with Crippen LogP contribution in [0.15, 0.2) is 41.2 Å². The Bertz CT molecular complexity index is 1490. The van der Waals surface area contributed by atoms with Gasteiger partial charge in [-0.05, 0) is 74.8 Å². The number of amides is 3. The summed E-state index contributed by atoms with van der Waals surface area (Å²) in [5.74, 6) is -2.04. The zero-order valence-electron chi connectivity index (χ0n) is 21.0. The Labute approximate surface area is 217 Å². The Balaban J connectivity index is 1.25.